The molecule has 6 heteroatoms. The van der Waals surface area contributed by atoms with Crippen LogP contribution in [0.15, 0.2) is 24.3 Å². The molecule has 0 unspecified atom stereocenters. The molecule has 0 spiro atoms. The van der Waals surface area contributed by atoms with Crippen LogP contribution in [0.4, 0.5) is 0 Å². The van der Waals surface area contributed by atoms with E-state index in [2.05, 4.69) is 59.7 Å². The number of hydrogen-bond acceptors (Lipinski definition) is 5. The summed E-state index contributed by atoms with van der Waals surface area (Å²) in [6.07, 6.45) is 2.03. The lowest BCUT2D eigenvalue weighted by Gasteiger charge is -2.31. The van der Waals surface area contributed by atoms with Crippen LogP contribution in [-0.4, -0.2) is 39.4 Å². The third-order valence-electron chi connectivity index (χ3n) is 4.93. The van der Waals surface area contributed by atoms with Crippen molar-refractivity contribution in [1.29, 1.82) is 0 Å². The maximum absolute atomic E-state index is 5.97. The Morgan fingerprint density at radius 1 is 1.23 bits per heavy atom. The molecule has 1 aliphatic rings. The number of para-hydroxylation sites is 1. The Labute approximate surface area is 156 Å². The Morgan fingerprint density at radius 2 is 1.96 bits per heavy atom. The minimum absolute atomic E-state index is 0.324. The molecule has 0 amide bonds. The number of benzene rings is 1. The zero-order chi connectivity index (χ0) is 18.7. The molecule has 3 rings (SSSR count). The Bertz CT molecular complexity index is 721. The average Bonchev–Trinajstić information content (AvgIpc) is 2.91. The van der Waals surface area contributed by atoms with Crippen LogP contribution in [0.2, 0.25) is 0 Å². The zero-order valence-corrected chi connectivity index (χ0v) is 16.4. The Morgan fingerprint density at radius 3 is 2.65 bits per heavy atom. The van der Waals surface area contributed by atoms with E-state index in [0.717, 1.165) is 49.9 Å². The summed E-state index contributed by atoms with van der Waals surface area (Å²) in [6, 6.07) is 8.59. The summed E-state index contributed by atoms with van der Waals surface area (Å²) in [6.45, 7) is 6.62. The lowest BCUT2D eigenvalue weighted by molar-refractivity contribution is 0.257. The first-order valence-electron chi connectivity index (χ1n) is 9.47. The van der Waals surface area contributed by atoms with Crippen LogP contribution in [0.3, 0.4) is 0 Å². The number of aromatic nitrogens is 3. The lowest BCUT2D eigenvalue weighted by Crippen LogP contribution is -2.36. The summed E-state index contributed by atoms with van der Waals surface area (Å²) in [5, 5.41) is 8.81. The second kappa shape index (κ2) is 8.18. The van der Waals surface area contributed by atoms with Crippen LogP contribution < -0.4 is 10.5 Å². The fraction of sp³-hybridized carbons (Fsp3) is 0.600. The van der Waals surface area contributed by atoms with Crippen LogP contribution >= 0.6 is 0 Å². The van der Waals surface area contributed by atoms with Gasteiger partial charge in [0.1, 0.15) is 17.4 Å². The van der Waals surface area contributed by atoms with E-state index in [1.165, 1.54) is 5.56 Å². The van der Waals surface area contributed by atoms with Crippen LogP contribution in [0.1, 0.15) is 49.8 Å². The SMILES string of the molecule is CC(C)COc1ccccc1CN(C)Cc1nnc(C2CC(N)C2)n1C. The number of rotatable bonds is 8. The first kappa shape index (κ1) is 18.9. The van der Waals surface area contributed by atoms with Crippen molar-refractivity contribution in [2.24, 2.45) is 18.7 Å². The van der Waals surface area contributed by atoms with Crippen molar-refractivity contribution in [3.05, 3.63) is 41.5 Å². The minimum Gasteiger partial charge on any atom is -0.493 e. The summed E-state index contributed by atoms with van der Waals surface area (Å²) in [7, 11) is 4.16. The standard InChI is InChI=1S/C20H31N5O/c1-14(2)13-26-18-8-6-5-7-15(18)11-24(3)12-19-22-23-20(25(19)4)16-9-17(21)10-16/h5-8,14,16-17H,9-13,21H2,1-4H3. The molecule has 1 heterocycles. The third kappa shape index (κ3) is 4.43. The fourth-order valence-electron chi connectivity index (χ4n) is 3.36. The van der Waals surface area contributed by atoms with Crippen LogP contribution in [0.25, 0.3) is 0 Å². The molecular weight excluding hydrogens is 326 g/mol. The molecular formula is C20H31N5O. The van der Waals surface area contributed by atoms with Gasteiger partial charge in [0.05, 0.1) is 13.2 Å². The largest absolute Gasteiger partial charge is 0.493 e. The molecule has 1 aromatic carbocycles. The predicted molar refractivity (Wildman–Crippen MR) is 103 cm³/mol. The maximum atomic E-state index is 5.97. The maximum Gasteiger partial charge on any atom is 0.146 e. The molecule has 6 nitrogen and oxygen atoms in total. The van der Waals surface area contributed by atoms with Crippen molar-refractivity contribution >= 4 is 0 Å². The van der Waals surface area contributed by atoms with Crippen molar-refractivity contribution in [2.75, 3.05) is 13.7 Å². The second-order valence-electron chi connectivity index (χ2n) is 7.95. The summed E-state index contributed by atoms with van der Waals surface area (Å²) < 4.78 is 8.10. The molecule has 0 atom stereocenters. The van der Waals surface area contributed by atoms with Gasteiger partial charge in [-0.2, -0.15) is 0 Å². The first-order valence-corrected chi connectivity index (χ1v) is 9.47. The predicted octanol–water partition coefficient (Wildman–Crippen LogP) is 2.69. The number of nitrogens with two attached hydrogens (primary N) is 1. The molecule has 1 fully saturated rings. The normalized spacial score (nSPS) is 19.8. The van der Waals surface area contributed by atoms with Gasteiger partial charge in [0.25, 0.3) is 0 Å². The van der Waals surface area contributed by atoms with Gasteiger partial charge in [-0.05, 0) is 31.9 Å². The van der Waals surface area contributed by atoms with Gasteiger partial charge < -0.3 is 15.0 Å². The molecule has 1 aromatic heterocycles. The molecule has 0 radical (unpaired) electrons. The van der Waals surface area contributed by atoms with Crippen molar-refractivity contribution in [1.82, 2.24) is 19.7 Å². The molecule has 2 aromatic rings. The van der Waals surface area contributed by atoms with Gasteiger partial charge in [-0.3, -0.25) is 4.90 Å². The highest BCUT2D eigenvalue weighted by Crippen LogP contribution is 2.34. The summed E-state index contributed by atoms with van der Waals surface area (Å²) in [5.41, 5.74) is 7.11. The van der Waals surface area contributed by atoms with E-state index in [9.17, 15) is 0 Å². The van der Waals surface area contributed by atoms with Gasteiger partial charge in [0.15, 0.2) is 0 Å². The van der Waals surface area contributed by atoms with E-state index >= 15 is 0 Å². The van der Waals surface area contributed by atoms with Gasteiger partial charge in [0.2, 0.25) is 0 Å². The highest BCUT2D eigenvalue weighted by Gasteiger charge is 2.31. The number of ether oxygens (including phenoxy) is 1. The van der Waals surface area contributed by atoms with E-state index in [-0.39, 0.29) is 0 Å². The quantitative estimate of drug-likeness (QED) is 0.787. The second-order valence-corrected chi connectivity index (χ2v) is 7.95. The minimum atomic E-state index is 0.324. The molecule has 1 saturated carbocycles. The Balaban J connectivity index is 1.62. The third-order valence-corrected chi connectivity index (χ3v) is 4.93. The topological polar surface area (TPSA) is 69.2 Å². The van der Waals surface area contributed by atoms with Crippen molar-refractivity contribution in [3.63, 3.8) is 0 Å². The zero-order valence-electron chi connectivity index (χ0n) is 16.4. The highest BCUT2D eigenvalue weighted by atomic mass is 16.5. The van der Waals surface area contributed by atoms with Crippen molar-refractivity contribution in [2.45, 2.75) is 51.7 Å². The van der Waals surface area contributed by atoms with Crippen molar-refractivity contribution in [3.8, 4) is 5.75 Å². The highest BCUT2D eigenvalue weighted by molar-refractivity contribution is 5.33. The number of nitrogens with zero attached hydrogens (tertiary/aromatic N) is 4. The monoisotopic (exact) mass is 357 g/mol. The van der Waals surface area contributed by atoms with E-state index in [4.69, 9.17) is 10.5 Å². The summed E-state index contributed by atoms with van der Waals surface area (Å²) in [5.74, 6) is 4.00. The molecule has 0 bridgehead atoms. The van der Waals surface area contributed by atoms with Gasteiger partial charge in [-0.15, -0.1) is 10.2 Å². The lowest BCUT2D eigenvalue weighted by atomic mass is 9.80. The first-order chi connectivity index (χ1) is 12.4. The van der Waals surface area contributed by atoms with E-state index in [1.807, 2.05) is 12.1 Å². The van der Waals surface area contributed by atoms with Gasteiger partial charge in [0, 0.05) is 31.1 Å². The smallest absolute Gasteiger partial charge is 0.146 e. The molecule has 1 aliphatic carbocycles. The van der Waals surface area contributed by atoms with E-state index in [0.29, 0.717) is 17.9 Å². The van der Waals surface area contributed by atoms with E-state index in [1.54, 1.807) is 0 Å². The molecule has 0 saturated heterocycles. The molecule has 2 N–H and O–H groups in total. The summed E-state index contributed by atoms with van der Waals surface area (Å²) >= 11 is 0. The van der Waals surface area contributed by atoms with Crippen molar-refractivity contribution < 1.29 is 4.74 Å². The molecule has 142 valence electrons. The Kier molecular flexibility index (Phi) is 5.94. The number of hydrogen-bond donors (Lipinski definition) is 1. The molecule has 26 heavy (non-hydrogen) atoms. The summed E-state index contributed by atoms with van der Waals surface area (Å²) in [4.78, 5) is 2.25. The van der Waals surface area contributed by atoms with E-state index < -0.39 is 0 Å². The van der Waals surface area contributed by atoms with Crippen LogP contribution in [0, 0.1) is 5.92 Å². The van der Waals surface area contributed by atoms with Gasteiger partial charge in [-0.25, -0.2) is 0 Å². The van der Waals surface area contributed by atoms with Crippen LogP contribution in [0.5, 0.6) is 5.75 Å². The molecule has 0 aliphatic heterocycles. The van der Waals surface area contributed by atoms with Gasteiger partial charge >= 0.3 is 0 Å². The Hall–Kier alpha value is -1.92. The van der Waals surface area contributed by atoms with Crippen LogP contribution in [-0.2, 0) is 20.1 Å². The fourth-order valence-corrected chi connectivity index (χ4v) is 3.36. The average molecular weight is 358 g/mol. The van der Waals surface area contributed by atoms with Gasteiger partial charge in [-0.1, -0.05) is 32.0 Å².